The van der Waals surface area contributed by atoms with Crippen LogP contribution in [0.3, 0.4) is 0 Å². The maximum absolute atomic E-state index is 12.7. The van der Waals surface area contributed by atoms with Crippen LogP contribution in [0.25, 0.3) is 0 Å². The molecule has 6 nitrogen and oxygen atoms in total. The molecule has 0 spiro atoms. The van der Waals surface area contributed by atoms with Gasteiger partial charge >= 0.3 is 5.97 Å². The number of rotatable bonds is 5. The second kappa shape index (κ2) is 6.41. The van der Waals surface area contributed by atoms with Crippen molar-refractivity contribution < 1.29 is 18.3 Å². The van der Waals surface area contributed by atoms with Crippen molar-refractivity contribution in [3.05, 3.63) is 0 Å². The van der Waals surface area contributed by atoms with Gasteiger partial charge in [-0.15, -0.1) is 0 Å². The van der Waals surface area contributed by atoms with Gasteiger partial charge in [0.2, 0.25) is 0 Å². The molecule has 1 N–H and O–H groups in total. The quantitative estimate of drug-likeness (QED) is 0.838. The number of hydrogen-bond acceptors (Lipinski definition) is 3. The van der Waals surface area contributed by atoms with Gasteiger partial charge in [0.05, 0.1) is 0 Å². The first-order valence-corrected chi connectivity index (χ1v) is 8.44. The number of carboxylic acid groups (broad SMARTS) is 1. The topological polar surface area (TPSA) is 77.9 Å². The number of carboxylic acids is 1. The molecule has 1 saturated carbocycles. The molecule has 20 heavy (non-hydrogen) atoms. The Morgan fingerprint density at radius 2 is 1.70 bits per heavy atom. The maximum Gasteiger partial charge on any atom is 0.318 e. The van der Waals surface area contributed by atoms with Gasteiger partial charge in [-0.2, -0.15) is 17.0 Å². The highest BCUT2D eigenvalue weighted by molar-refractivity contribution is 7.86. The minimum Gasteiger partial charge on any atom is -0.480 e. The van der Waals surface area contributed by atoms with Gasteiger partial charge in [-0.1, -0.05) is 19.3 Å². The lowest BCUT2D eigenvalue weighted by Gasteiger charge is -2.39. The zero-order valence-electron chi connectivity index (χ0n) is 12.8. The highest BCUT2D eigenvalue weighted by Crippen LogP contribution is 2.27. The monoisotopic (exact) mass is 306 g/mol. The fourth-order valence-corrected chi connectivity index (χ4v) is 4.44. The molecule has 0 atom stereocenters. The fourth-order valence-electron chi connectivity index (χ4n) is 2.58. The zero-order valence-corrected chi connectivity index (χ0v) is 13.6. The summed E-state index contributed by atoms with van der Waals surface area (Å²) < 4.78 is 27.8. The Morgan fingerprint density at radius 3 is 2.10 bits per heavy atom. The van der Waals surface area contributed by atoms with E-state index in [1.807, 2.05) is 0 Å². The maximum atomic E-state index is 12.7. The Hall–Kier alpha value is -0.660. The second-order valence-corrected chi connectivity index (χ2v) is 8.30. The van der Waals surface area contributed by atoms with Gasteiger partial charge < -0.3 is 5.11 Å². The number of aliphatic carboxylic acids is 1. The van der Waals surface area contributed by atoms with E-state index in [4.69, 9.17) is 5.11 Å². The van der Waals surface area contributed by atoms with E-state index >= 15 is 0 Å². The van der Waals surface area contributed by atoms with Gasteiger partial charge in [-0.05, 0) is 33.6 Å². The summed E-state index contributed by atoms with van der Waals surface area (Å²) >= 11 is 0. The molecule has 0 unspecified atom stereocenters. The van der Waals surface area contributed by atoms with Gasteiger partial charge in [-0.25, -0.2) is 0 Å². The molecule has 0 aromatic heterocycles. The van der Waals surface area contributed by atoms with E-state index in [0.717, 1.165) is 36.4 Å². The zero-order chi connectivity index (χ0) is 15.6. The number of nitrogens with zero attached hydrogens (tertiary/aromatic N) is 2. The van der Waals surface area contributed by atoms with Crippen molar-refractivity contribution in [2.45, 2.75) is 64.5 Å². The summed E-state index contributed by atoms with van der Waals surface area (Å²) in [7, 11) is -2.21. The Kier molecular flexibility index (Phi) is 5.57. The van der Waals surface area contributed by atoms with E-state index < -0.39 is 28.3 Å². The predicted molar refractivity (Wildman–Crippen MR) is 77.7 cm³/mol. The van der Waals surface area contributed by atoms with Crippen LogP contribution < -0.4 is 0 Å². The lowest BCUT2D eigenvalue weighted by atomic mass is 9.96. The van der Waals surface area contributed by atoms with Crippen molar-refractivity contribution in [3.8, 4) is 0 Å². The van der Waals surface area contributed by atoms with E-state index in [9.17, 15) is 13.2 Å². The fraction of sp³-hybridized carbons (Fsp3) is 0.923. The molecule has 0 aromatic rings. The summed E-state index contributed by atoms with van der Waals surface area (Å²) in [4.78, 5) is 11.0. The lowest BCUT2D eigenvalue weighted by Crippen LogP contribution is -2.55. The van der Waals surface area contributed by atoms with E-state index in [1.54, 1.807) is 27.8 Å². The average molecular weight is 306 g/mol. The van der Waals surface area contributed by atoms with Crippen molar-refractivity contribution in [2.75, 3.05) is 13.6 Å². The Balaban J connectivity index is 2.99. The summed E-state index contributed by atoms with van der Waals surface area (Å²) in [5.41, 5.74) is -0.764. The van der Waals surface area contributed by atoms with E-state index in [0.29, 0.717) is 0 Å². The van der Waals surface area contributed by atoms with Crippen LogP contribution in [0.2, 0.25) is 0 Å². The van der Waals surface area contributed by atoms with Crippen molar-refractivity contribution in [1.29, 1.82) is 0 Å². The van der Waals surface area contributed by atoms with Crippen LogP contribution in [0.4, 0.5) is 0 Å². The van der Waals surface area contributed by atoms with Gasteiger partial charge in [0.25, 0.3) is 10.2 Å². The molecular weight excluding hydrogens is 280 g/mol. The summed E-state index contributed by atoms with van der Waals surface area (Å²) in [6, 6.07) is -0.0209. The highest BCUT2D eigenvalue weighted by Gasteiger charge is 2.39. The molecule has 1 aliphatic rings. The van der Waals surface area contributed by atoms with Crippen LogP contribution in [-0.4, -0.2) is 53.3 Å². The molecule has 0 saturated heterocycles. The molecule has 0 aliphatic heterocycles. The van der Waals surface area contributed by atoms with Crippen LogP contribution in [0.15, 0.2) is 0 Å². The molecule has 7 heteroatoms. The summed E-state index contributed by atoms with van der Waals surface area (Å²) in [5, 5.41) is 8.98. The summed E-state index contributed by atoms with van der Waals surface area (Å²) in [6.07, 6.45) is 4.89. The molecule has 0 bridgehead atoms. The molecule has 0 heterocycles. The van der Waals surface area contributed by atoms with Crippen molar-refractivity contribution >= 4 is 16.2 Å². The number of carbonyl (C=O) groups is 1. The van der Waals surface area contributed by atoms with Crippen LogP contribution in [0, 0.1) is 0 Å². The highest BCUT2D eigenvalue weighted by atomic mass is 32.2. The lowest BCUT2D eigenvalue weighted by molar-refractivity contribution is -0.138. The minimum absolute atomic E-state index is 0.0209. The molecule has 0 amide bonds. The third kappa shape index (κ3) is 4.17. The van der Waals surface area contributed by atoms with Crippen LogP contribution in [-0.2, 0) is 15.0 Å². The van der Waals surface area contributed by atoms with E-state index in [1.165, 1.54) is 4.31 Å². The predicted octanol–water partition coefficient (Wildman–Crippen LogP) is 1.68. The van der Waals surface area contributed by atoms with Crippen LogP contribution >= 0.6 is 0 Å². The van der Waals surface area contributed by atoms with Crippen LogP contribution in [0.1, 0.15) is 52.9 Å². The normalized spacial score (nSPS) is 18.7. The Morgan fingerprint density at radius 1 is 1.20 bits per heavy atom. The number of hydrogen-bond donors (Lipinski definition) is 1. The van der Waals surface area contributed by atoms with Gasteiger partial charge in [0.1, 0.15) is 6.54 Å². The van der Waals surface area contributed by atoms with Crippen molar-refractivity contribution in [1.82, 2.24) is 8.61 Å². The molecule has 0 radical (unpaired) electrons. The first kappa shape index (κ1) is 17.4. The molecule has 1 aliphatic carbocycles. The minimum atomic E-state index is -3.77. The third-order valence-electron chi connectivity index (χ3n) is 3.76. The average Bonchev–Trinajstić information content (AvgIpc) is 2.34. The smallest absolute Gasteiger partial charge is 0.318 e. The van der Waals surface area contributed by atoms with Gasteiger partial charge in [0.15, 0.2) is 0 Å². The molecule has 0 aromatic carbocycles. The molecule has 1 rings (SSSR count). The van der Waals surface area contributed by atoms with Crippen LogP contribution in [0.5, 0.6) is 0 Å². The molecule has 118 valence electrons. The van der Waals surface area contributed by atoms with Crippen molar-refractivity contribution in [3.63, 3.8) is 0 Å². The van der Waals surface area contributed by atoms with Gasteiger partial charge in [-0.3, -0.25) is 4.79 Å². The first-order valence-electron chi connectivity index (χ1n) is 7.04. The standard InChI is InChI=1S/C13H26N2O4S/c1-13(2,3)15(10-12(16)17)20(18,19)14(4)11-8-6-5-7-9-11/h11H,5-10H2,1-4H3,(H,16,17). The molecular formula is C13H26N2O4S. The van der Waals surface area contributed by atoms with Gasteiger partial charge in [0, 0.05) is 18.6 Å². The third-order valence-corrected chi connectivity index (χ3v) is 6.02. The van der Waals surface area contributed by atoms with E-state index in [-0.39, 0.29) is 6.04 Å². The van der Waals surface area contributed by atoms with Crippen molar-refractivity contribution in [2.24, 2.45) is 0 Å². The second-order valence-electron chi connectivity index (χ2n) is 6.39. The first-order chi connectivity index (χ1) is 9.06. The van der Waals surface area contributed by atoms with E-state index in [2.05, 4.69) is 0 Å². The summed E-state index contributed by atoms with van der Waals surface area (Å²) in [5.74, 6) is -1.14. The largest absolute Gasteiger partial charge is 0.480 e. The Labute approximate surface area is 121 Å². The Bertz CT molecular complexity index is 436. The summed E-state index contributed by atoms with van der Waals surface area (Å²) in [6.45, 7) is 4.62. The SMILES string of the molecule is CN(C1CCCCC1)S(=O)(=O)N(CC(=O)O)C(C)(C)C. The molecule has 1 fully saturated rings.